The molecule has 2 heterocycles. The lowest BCUT2D eigenvalue weighted by Gasteiger charge is -2.04. The Hall–Kier alpha value is -1.70. The first-order valence-corrected chi connectivity index (χ1v) is 8.66. The van der Waals surface area contributed by atoms with Crippen molar-refractivity contribution in [2.24, 2.45) is 0 Å². The molecular weight excluding hydrogens is 308 g/mol. The molecular formula is C14H14N2O3S2. The first-order valence-electron chi connectivity index (χ1n) is 6.36. The minimum absolute atomic E-state index is 0.223. The van der Waals surface area contributed by atoms with Gasteiger partial charge in [0.05, 0.1) is 0 Å². The summed E-state index contributed by atoms with van der Waals surface area (Å²) in [6.45, 7) is 3.88. The van der Waals surface area contributed by atoms with E-state index in [0.29, 0.717) is 15.7 Å². The number of fused-ring (bicyclic) bond motifs is 1. The highest BCUT2D eigenvalue weighted by Crippen LogP contribution is 2.21. The average Bonchev–Trinajstić information content (AvgIpc) is 3.01. The predicted octanol–water partition coefficient (Wildman–Crippen LogP) is 2.98. The van der Waals surface area contributed by atoms with Crippen LogP contribution >= 0.6 is 11.3 Å². The zero-order chi connectivity index (χ0) is 15.0. The maximum atomic E-state index is 12.2. The third-order valence-corrected chi connectivity index (χ3v) is 5.90. The van der Waals surface area contributed by atoms with E-state index in [1.54, 1.807) is 25.1 Å². The molecule has 0 aliphatic rings. The van der Waals surface area contributed by atoms with E-state index in [9.17, 15) is 8.42 Å². The lowest BCUT2D eigenvalue weighted by molar-refractivity contribution is 0.561. The number of oxazole rings is 1. The van der Waals surface area contributed by atoms with E-state index in [1.165, 1.54) is 11.3 Å². The summed E-state index contributed by atoms with van der Waals surface area (Å²) in [5.41, 5.74) is 2.27. The van der Waals surface area contributed by atoms with Crippen molar-refractivity contribution in [3.05, 3.63) is 46.7 Å². The molecule has 0 bridgehead atoms. The van der Waals surface area contributed by atoms with Gasteiger partial charge in [-0.05, 0) is 36.8 Å². The Morgan fingerprint density at radius 3 is 2.76 bits per heavy atom. The number of sulfonamides is 1. The summed E-state index contributed by atoms with van der Waals surface area (Å²) < 4.78 is 32.6. The van der Waals surface area contributed by atoms with Gasteiger partial charge < -0.3 is 4.42 Å². The van der Waals surface area contributed by atoms with Crippen molar-refractivity contribution >= 4 is 32.5 Å². The Labute approximate surface area is 126 Å². The van der Waals surface area contributed by atoms with E-state index in [0.717, 1.165) is 16.0 Å². The number of aryl methyl sites for hydroxylation is 2. The number of aromatic nitrogens is 1. The standard InChI is InChI=1S/C14H14N2O3S2/c1-9-3-6-14(20-9)21(17,18)15-8-11-4-5-13-12(7-11)16-10(2)19-13/h3-7,15H,8H2,1-2H3. The molecule has 0 aliphatic heterocycles. The first-order chi connectivity index (χ1) is 9.94. The second-order valence-electron chi connectivity index (χ2n) is 4.72. The molecule has 5 nitrogen and oxygen atoms in total. The average molecular weight is 322 g/mol. The Kier molecular flexibility index (Phi) is 3.56. The largest absolute Gasteiger partial charge is 0.441 e. The van der Waals surface area contributed by atoms with Gasteiger partial charge >= 0.3 is 0 Å². The normalized spacial score (nSPS) is 12.1. The van der Waals surface area contributed by atoms with Gasteiger partial charge in [0.1, 0.15) is 9.73 Å². The Morgan fingerprint density at radius 2 is 2.05 bits per heavy atom. The van der Waals surface area contributed by atoms with Crippen molar-refractivity contribution in [3.63, 3.8) is 0 Å². The zero-order valence-corrected chi connectivity index (χ0v) is 13.2. The molecule has 2 aromatic heterocycles. The van der Waals surface area contributed by atoms with Gasteiger partial charge in [0.15, 0.2) is 11.5 Å². The number of hydrogen-bond acceptors (Lipinski definition) is 5. The van der Waals surface area contributed by atoms with Gasteiger partial charge in [-0.2, -0.15) is 0 Å². The maximum absolute atomic E-state index is 12.2. The van der Waals surface area contributed by atoms with Gasteiger partial charge in [-0.1, -0.05) is 6.07 Å². The molecule has 0 spiro atoms. The van der Waals surface area contributed by atoms with Crippen LogP contribution in [-0.2, 0) is 16.6 Å². The lowest BCUT2D eigenvalue weighted by atomic mass is 10.2. The monoisotopic (exact) mass is 322 g/mol. The van der Waals surface area contributed by atoms with Crippen molar-refractivity contribution in [1.82, 2.24) is 9.71 Å². The lowest BCUT2D eigenvalue weighted by Crippen LogP contribution is -2.22. The van der Waals surface area contributed by atoms with Crippen LogP contribution in [0.4, 0.5) is 0 Å². The molecule has 0 radical (unpaired) electrons. The van der Waals surface area contributed by atoms with Crippen molar-refractivity contribution in [1.29, 1.82) is 0 Å². The van der Waals surface area contributed by atoms with E-state index in [-0.39, 0.29) is 6.54 Å². The van der Waals surface area contributed by atoms with Crippen LogP contribution in [0.5, 0.6) is 0 Å². The summed E-state index contributed by atoms with van der Waals surface area (Å²) in [5.74, 6) is 0.594. The predicted molar refractivity (Wildman–Crippen MR) is 81.8 cm³/mol. The minimum Gasteiger partial charge on any atom is -0.441 e. The fourth-order valence-corrected chi connectivity index (χ4v) is 4.35. The fraction of sp³-hybridized carbons (Fsp3) is 0.214. The number of benzene rings is 1. The molecule has 21 heavy (non-hydrogen) atoms. The zero-order valence-electron chi connectivity index (χ0n) is 11.6. The molecule has 0 fully saturated rings. The van der Waals surface area contributed by atoms with Crippen LogP contribution in [0.2, 0.25) is 0 Å². The number of nitrogens with one attached hydrogen (secondary N) is 1. The summed E-state index contributed by atoms with van der Waals surface area (Å²) in [4.78, 5) is 5.21. The quantitative estimate of drug-likeness (QED) is 0.801. The van der Waals surface area contributed by atoms with Crippen LogP contribution in [0.25, 0.3) is 11.1 Å². The van der Waals surface area contributed by atoms with Gasteiger partial charge in [-0.3, -0.25) is 0 Å². The Morgan fingerprint density at radius 1 is 1.24 bits per heavy atom. The highest BCUT2D eigenvalue weighted by Gasteiger charge is 2.15. The third-order valence-electron chi connectivity index (χ3n) is 3.01. The number of nitrogens with zero attached hydrogens (tertiary/aromatic N) is 1. The summed E-state index contributed by atoms with van der Waals surface area (Å²) >= 11 is 1.26. The molecule has 0 unspecified atom stereocenters. The molecule has 110 valence electrons. The molecule has 0 amide bonds. The smallest absolute Gasteiger partial charge is 0.250 e. The van der Waals surface area contributed by atoms with Crippen molar-refractivity contribution in [2.45, 2.75) is 24.6 Å². The van der Waals surface area contributed by atoms with E-state index in [2.05, 4.69) is 9.71 Å². The molecule has 1 N–H and O–H groups in total. The topological polar surface area (TPSA) is 72.2 Å². The van der Waals surface area contributed by atoms with E-state index in [4.69, 9.17) is 4.42 Å². The van der Waals surface area contributed by atoms with Crippen LogP contribution in [0.1, 0.15) is 16.3 Å². The number of hydrogen-bond donors (Lipinski definition) is 1. The van der Waals surface area contributed by atoms with Crippen LogP contribution in [-0.4, -0.2) is 13.4 Å². The van der Waals surface area contributed by atoms with Crippen molar-refractivity contribution < 1.29 is 12.8 Å². The van der Waals surface area contributed by atoms with Gasteiger partial charge in [0.2, 0.25) is 10.0 Å². The van der Waals surface area contributed by atoms with Crippen LogP contribution in [0.3, 0.4) is 0 Å². The van der Waals surface area contributed by atoms with Gasteiger partial charge in [-0.25, -0.2) is 18.1 Å². The van der Waals surface area contributed by atoms with Crippen LogP contribution < -0.4 is 4.72 Å². The fourth-order valence-electron chi connectivity index (χ4n) is 2.00. The highest BCUT2D eigenvalue weighted by molar-refractivity contribution is 7.91. The van der Waals surface area contributed by atoms with Gasteiger partial charge in [0.25, 0.3) is 0 Å². The second-order valence-corrected chi connectivity index (χ2v) is 8.01. The minimum atomic E-state index is -3.46. The van der Waals surface area contributed by atoms with Crippen LogP contribution in [0.15, 0.2) is 39.0 Å². The number of rotatable bonds is 4. The molecule has 0 saturated carbocycles. The van der Waals surface area contributed by atoms with Gasteiger partial charge in [0, 0.05) is 18.3 Å². The summed E-state index contributed by atoms with van der Waals surface area (Å²) in [6.07, 6.45) is 0. The van der Waals surface area contributed by atoms with Crippen LogP contribution in [0, 0.1) is 13.8 Å². The summed E-state index contributed by atoms with van der Waals surface area (Å²) in [6, 6.07) is 8.87. The van der Waals surface area contributed by atoms with Crippen molar-refractivity contribution in [3.8, 4) is 0 Å². The summed E-state index contributed by atoms with van der Waals surface area (Å²) in [7, 11) is -3.46. The summed E-state index contributed by atoms with van der Waals surface area (Å²) in [5, 5.41) is 0. The third kappa shape index (κ3) is 2.99. The molecule has 0 atom stereocenters. The highest BCUT2D eigenvalue weighted by atomic mass is 32.2. The van der Waals surface area contributed by atoms with Crippen molar-refractivity contribution in [2.75, 3.05) is 0 Å². The van der Waals surface area contributed by atoms with E-state index in [1.807, 2.05) is 19.1 Å². The molecule has 7 heteroatoms. The van der Waals surface area contributed by atoms with E-state index < -0.39 is 10.0 Å². The van der Waals surface area contributed by atoms with E-state index >= 15 is 0 Å². The molecule has 3 rings (SSSR count). The van der Waals surface area contributed by atoms with Gasteiger partial charge in [-0.15, -0.1) is 11.3 Å². The maximum Gasteiger partial charge on any atom is 0.250 e. The molecule has 0 aliphatic carbocycles. The number of thiophene rings is 1. The molecule has 3 aromatic rings. The Bertz CT molecular complexity index is 894. The molecule has 0 saturated heterocycles. The second kappa shape index (κ2) is 5.25. The SMILES string of the molecule is Cc1nc2cc(CNS(=O)(=O)c3ccc(C)s3)ccc2o1. The molecule has 1 aromatic carbocycles. The first kappa shape index (κ1) is 14.2. The Balaban J connectivity index is 1.79.